The van der Waals surface area contributed by atoms with Crippen LogP contribution >= 0.6 is 0 Å². The third kappa shape index (κ3) is 1.62. The molecule has 76 valence electrons. The van der Waals surface area contributed by atoms with Crippen molar-refractivity contribution in [1.82, 2.24) is 0 Å². The summed E-state index contributed by atoms with van der Waals surface area (Å²) in [6.45, 7) is 3.02. The fraction of sp³-hybridized carbons (Fsp3) is 0.500. The van der Waals surface area contributed by atoms with E-state index in [1.54, 1.807) is 7.11 Å². The van der Waals surface area contributed by atoms with E-state index in [9.17, 15) is 0 Å². The zero-order valence-corrected chi connectivity index (χ0v) is 8.75. The molecular formula is C12H16O2. The Hall–Kier alpha value is -1.02. The number of ether oxygens (including phenoxy) is 2. The van der Waals surface area contributed by atoms with Gasteiger partial charge >= 0.3 is 0 Å². The number of hydrogen-bond donors (Lipinski definition) is 0. The van der Waals surface area contributed by atoms with Crippen LogP contribution in [0.15, 0.2) is 24.3 Å². The van der Waals surface area contributed by atoms with Gasteiger partial charge in [0.2, 0.25) is 0 Å². The van der Waals surface area contributed by atoms with Gasteiger partial charge in [0.05, 0.1) is 12.7 Å². The molecule has 1 aromatic rings. The van der Waals surface area contributed by atoms with Crippen LogP contribution in [0.5, 0.6) is 5.75 Å². The predicted molar refractivity (Wildman–Crippen MR) is 55.5 cm³/mol. The van der Waals surface area contributed by atoms with Crippen molar-refractivity contribution in [3.63, 3.8) is 0 Å². The first kappa shape index (κ1) is 9.53. The van der Waals surface area contributed by atoms with Gasteiger partial charge in [0.25, 0.3) is 0 Å². The molecule has 1 aromatic carbocycles. The minimum Gasteiger partial charge on any atom is -0.497 e. The van der Waals surface area contributed by atoms with E-state index in [0.29, 0.717) is 0 Å². The molecule has 14 heavy (non-hydrogen) atoms. The number of methoxy groups -OCH3 is 1. The Morgan fingerprint density at radius 2 is 2.29 bits per heavy atom. The summed E-state index contributed by atoms with van der Waals surface area (Å²) in [7, 11) is 1.69. The van der Waals surface area contributed by atoms with Crippen molar-refractivity contribution in [2.24, 2.45) is 0 Å². The molecule has 1 aliphatic rings. The number of hydrogen-bond acceptors (Lipinski definition) is 2. The average Bonchev–Trinajstić information content (AvgIpc) is 2.67. The van der Waals surface area contributed by atoms with E-state index < -0.39 is 0 Å². The lowest BCUT2D eigenvalue weighted by atomic mass is 9.93. The molecule has 1 fully saturated rings. The molecule has 2 nitrogen and oxygen atoms in total. The van der Waals surface area contributed by atoms with Crippen molar-refractivity contribution in [3.05, 3.63) is 29.8 Å². The Kier molecular flexibility index (Phi) is 2.46. The van der Waals surface area contributed by atoms with E-state index >= 15 is 0 Å². The van der Waals surface area contributed by atoms with Gasteiger partial charge in [-0.3, -0.25) is 0 Å². The fourth-order valence-corrected chi connectivity index (χ4v) is 1.96. The van der Waals surface area contributed by atoms with E-state index in [-0.39, 0.29) is 5.60 Å². The second-order valence-corrected chi connectivity index (χ2v) is 3.91. The van der Waals surface area contributed by atoms with Crippen molar-refractivity contribution in [2.45, 2.75) is 25.4 Å². The van der Waals surface area contributed by atoms with Crippen LogP contribution in [0, 0.1) is 0 Å². The lowest BCUT2D eigenvalue weighted by molar-refractivity contribution is 0.0167. The summed E-state index contributed by atoms with van der Waals surface area (Å²) in [4.78, 5) is 0. The topological polar surface area (TPSA) is 18.5 Å². The zero-order valence-electron chi connectivity index (χ0n) is 8.75. The van der Waals surface area contributed by atoms with Crippen molar-refractivity contribution < 1.29 is 9.47 Å². The smallest absolute Gasteiger partial charge is 0.119 e. The highest BCUT2D eigenvalue weighted by molar-refractivity contribution is 5.32. The number of rotatable bonds is 2. The first-order chi connectivity index (χ1) is 6.74. The molecule has 0 aromatic heterocycles. The van der Waals surface area contributed by atoms with Crippen LogP contribution in [-0.4, -0.2) is 13.7 Å². The van der Waals surface area contributed by atoms with E-state index in [1.807, 2.05) is 12.1 Å². The average molecular weight is 192 g/mol. The molecule has 0 amide bonds. The molecule has 1 unspecified atom stereocenters. The van der Waals surface area contributed by atoms with Gasteiger partial charge < -0.3 is 9.47 Å². The van der Waals surface area contributed by atoms with Crippen molar-refractivity contribution >= 4 is 0 Å². The Morgan fingerprint density at radius 1 is 1.43 bits per heavy atom. The molecule has 1 saturated heterocycles. The Morgan fingerprint density at radius 3 is 2.93 bits per heavy atom. The summed E-state index contributed by atoms with van der Waals surface area (Å²) in [5.74, 6) is 0.902. The quantitative estimate of drug-likeness (QED) is 0.717. The Labute approximate surface area is 84.8 Å². The molecule has 0 bridgehead atoms. The minimum atomic E-state index is -0.103. The van der Waals surface area contributed by atoms with Gasteiger partial charge in [-0.1, -0.05) is 12.1 Å². The van der Waals surface area contributed by atoms with Gasteiger partial charge in [-0.25, -0.2) is 0 Å². The Balaban J connectivity index is 2.30. The normalized spacial score (nSPS) is 26.4. The molecule has 1 heterocycles. The molecule has 0 N–H and O–H groups in total. The van der Waals surface area contributed by atoms with Gasteiger partial charge in [0.15, 0.2) is 0 Å². The standard InChI is InChI=1S/C12H16O2/c1-12(7-4-8-14-12)10-5-3-6-11(9-10)13-2/h3,5-6,9H,4,7-8H2,1-2H3. The summed E-state index contributed by atoms with van der Waals surface area (Å²) < 4.78 is 11.0. The maximum absolute atomic E-state index is 5.77. The molecule has 2 rings (SSSR count). The van der Waals surface area contributed by atoms with Crippen LogP contribution in [-0.2, 0) is 10.3 Å². The van der Waals surface area contributed by atoms with Gasteiger partial charge in [-0.15, -0.1) is 0 Å². The van der Waals surface area contributed by atoms with Crippen LogP contribution < -0.4 is 4.74 Å². The summed E-state index contributed by atoms with van der Waals surface area (Å²) in [5, 5.41) is 0. The van der Waals surface area contributed by atoms with Crippen LogP contribution in [0.4, 0.5) is 0 Å². The summed E-state index contributed by atoms with van der Waals surface area (Å²) in [6.07, 6.45) is 2.24. The summed E-state index contributed by atoms with van der Waals surface area (Å²) in [5.41, 5.74) is 1.11. The lowest BCUT2D eigenvalue weighted by Crippen LogP contribution is -2.19. The third-order valence-electron chi connectivity index (χ3n) is 2.90. The molecule has 2 heteroatoms. The van der Waals surface area contributed by atoms with Crippen LogP contribution in [0.25, 0.3) is 0 Å². The first-order valence-electron chi connectivity index (χ1n) is 5.03. The molecule has 0 aliphatic carbocycles. The second-order valence-electron chi connectivity index (χ2n) is 3.91. The van der Waals surface area contributed by atoms with E-state index in [0.717, 1.165) is 25.2 Å². The van der Waals surface area contributed by atoms with Crippen LogP contribution in [0.1, 0.15) is 25.3 Å². The zero-order chi connectivity index (χ0) is 10.0. The number of benzene rings is 1. The largest absolute Gasteiger partial charge is 0.497 e. The highest BCUT2D eigenvalue weighted by atomic mass is 16.5. The van der Waals surface area contributed by atoms with E-state index in [2.05, 4.69) is 19.1 Å². The third-order valence-corrected chi connectivity index (χ3v) is 2.90. The molecule has 0 spiro atoms. The SMILES string of the molecule is COc1cccc(C2(C)CCCO2)c1. The van der Waals surface area contributed by atoms with Crippen molar-refractivity contribution in [1.29, 1.82) is 0 Å². The fourth-order valence-electron chi connectivity index (χ4n) is 1.96. The molecule has 0 radical (unpaired) electrons. The van der Waals surface area contributed by atoms with Crippen LogP contribution in [0.2, 0.25) is 0 Å². The van der Waals surface area contributed by atoms with Crippen molar-refractivity contribution in [3.8, 4) is 5.75 Å². The van der Waals surface area contributed by atoms with Gasteiger partial charge in [-0.2, -0.15) is 0 Å². The van der Waals surface area contributed by atoms with Gasteiger partial charge in [0, 0.05) is 6.61 Å². The summed E-state index contributed by atoms with van der Waals surface area (Å²) in [6, 6.07) is 8.14. The van der Waals surface area contributed by atoms with E-state index in [1.165, 1.54) is 5.56 Å². The van der Waals surface area contributed by atoms with E-state index in [4.69, 9.17) is 9.47 Å². The molecule has 1 atom stereocenters. The predicted octanol–water partition coefficient (Wildman–Crippen LogP) is 2.72. The maximum atomic E-state index is 5.77. The Bertz CT molecular complexity index is 314. The highest BCUT2D eigenvalue weighted by Crippen LogP contribution is 2.36. The molecular weight excluding hydrogens is 176 g/mol. The molecule has 1 aliphatic heterocycles. The first-order valence-corrected chi connectivity index (χ1v) is 5.03. The molecule has 0 saturated carbocycles. The highest BCUT2D eigenvalue weighted by Gasteiger charge is 2.31. The monoisotopic (exact) mass is 192 g/mol. The lowest BCUT2D eigenvalue weighted by Gasteiger charge is -2.23. The van der Waals surface area contributed by atoms with Gasteiger partial charge in [-0.05, 0) is 37.5 Å². The van der Waals surface area contributed by atoms with Crippen LogP contribution in [0.3, 0.4) is 0 Å². The second kappa shape index (κ2) is 3.62. The van der Waals surface area contributed by atoms with Crippen molar-refractivity contribution in [2.75, 3.05) is 13.7 Å². The van der Waals surface area contributed by atoms with Gasteiger partial charge in [0.1, 0.15) is 5.75 Å². The minimum absolute atomic E-state index is 0.103. The summed E-state index contributed by atoms with van der Waals surface area (Å²) >= 11 is 0. The maximum Gasteiger partial charge on any atom is 0.119 e.